The summed E-state index contributed by atoms with van der Waals surface area (Å²) in [5.41, 5.74) is 2.48. The lowest BCUT2D eigenvalue weighted by Gasteiger charge is -2.35. The number of fused-ring (bicyclic) bond motifs is 1. The number of carbonyl (C=O) groups excluding carboxylic acids is 1. The van der Waals surface area contributed by atoms with Crippen LogP contribution in [0.1, 0.15) is 21.5 Å². The Morgan fingerprint density at radius 2 is 1.81 bits per heavy atom. The first-order valence-electron chi connectivity index (χ1n) is 8.80. The van der Waals surface area contributed by atoms with Crippen molar-refractivity contribution in [3.8, 4) is 17.2 Å². The maximum absolute atomic E-state index is 12.6. The third-order valence-electron chi connectivity index (χ3n) is 4.89. The van der Waals surface area contributed by atoms with E-state index < -0.39 is 0 Å². The number of rotatable bonds is 3. The molecule has 1 N–H and O–H groups in total. The number of phenolic OH excluding ortho intramolecular Hbond substituents is 1. The van der Waals surface area contributed by atoms with Gasteiger partial charge in [0, 0.05) is 32.7 Å². The predicted molar refractivity (Wildman–Crippen MR) is 96.6 cm³/mol. The third-order valence-corrected chi connectivity index (χ3v) is 4.89. The Kier molecular flexibility index (Phi) is 4.42. The normalized spacial score (nSPS) is 16.7. The van der Waals surface area contributed by atoms with E-state index in [-0.39, 0.29) is 18.4 Å². The fraction of sp³-hybridized carbons (Fsp3) is 0.350. The third kappa shape index (κ3) is 3.32. The zero-order valence-corrected chi connectivity index (χ0v) is 14.8. The molecule has 0 unspecified atom stereocenters. The zero-order chi connectivity index (χ0) is 18.1. The lowest BCUT2D eigenvalue weighted by molar-refractivity contribution is 0.0625. The van der Waals surface area contributed by atoms with E-state index in [4.69, 9.17) is 9.47 Å². The first-order chi connectivity index (χ1) is 12.6. The van der Waals surface area contributed by atoms with Crippen molar-refractivity contribution in [1.82, 2.24) is 9.80 Å². The molecule has 0 aromatic heterocycles. The molecule has 0 aliphatic carbocycles. The van der Waals surface area contributed by atoms with Gasteiger partial charge in [-0.25, -0.2) is 0 Å². The second-order valence-corrected chi connectivity index (χ2v) is 6.78. The quantitative estimate of drug-likeness (QED) is 0.917. The molecule has 4 rings (SSSR count). The van der Waals surface area contributed by atoms with Crippen LogP contribution in [0.2, 0.25) is 0 Å². The van der Waals surface area contributed by atoms with E-state index in [2.05, 4.69) is 11.0 Å². The van der Waals surface area contributed by atoms with Gasteiger partial charge in [0.05, 0.1) is 5.56 Å². The lowest BCUT2D eigenvalue weighted by atomic mass is 10.1. The molecule has 1 saturated heterocycles. The summed E-state index contributed by atoms with van der Waals surface area (Å²) >= 11 is 0. The van der Waals surface area contributed by atoms with E-state index in [1.165, 1.54) is 5.56 Å². The second kappa shape index (κ2) is 6.88. The molecular weight excluding hydrogens is 332 g/mol. The summed E-state index contributed by atoms with van der Waals surface area (Å²) in [5, 5.41) is 10.0. The molecule has 26 heavy (non-hydrogen) atoms. The van der Waals surface area contributed by atoms with Crippen LogP contribution in [0.3, 0.4) is 0 Å². The van der Waals surface area contributed by atoms with Crippen molar-refractivity contribution < 1.29 is 19.4 Å². The fourth-order valence-corrected chi connectivity index (χ4v) is 3.40. The zero-order valence-electron chi connectivity index (χ0n) is 14.8. The number of ether oxygens (including phenoxy) is 2. The van der Waals surface area contributed by atoms with Crippen molar-refractivity contribution in [2.45, 2.75) is 13.5 Å². The van der Waals surface area contributed by atoms with Crippen LogP contribution in [0.15, 0.2) is 36.4 Å². The van der Waals surface area contributed by atoms with E-state index >= 15 is 0 Å². The van der Waals surface area contributed by atoms with Gasteiger partial charge < -0.3 is 19.5 Å². The highest BCUT2D eigenvalue weighted by molar-refractivity contribution is 5.97. The average molecular weight is 354 g/mol. The molecule has 0 radical (unpaired) electrons. The number of piperazine rings is 1. The lowest BCUT2D eigenvalue weighted by Crippen LogP contribution is -2.48. The van der Waals surface area contributed by atoms with Gasteiger partial charge in [-0.2, -0.15) is 0 Å². The molecule has 2 heterocycles. The topological polar surface area (TPSA) is 62.2 Å². The number of aromatic hydroxyl groups is 1. The van der Waals surface area contributed by atoms with Gasteiger partial charge in [-0.05, 0) is 42.3 Å². The van der Waals surface area contributed by atoms with Crippen molar-refractivity contribution in [3.05, 3.63) is 53.1 Å². The van der Waals surface area contributed by atoms with Crippen LogP contribution >= 0.6 is 0 Å². The molecule has 0 spiro atoms. The molecule has 0 bridgehead atoms. The van der Waals surface area contributed by atoms with Crippen molar-refractivity contribution in [1.29, 1.82) is 0 Å². The van der Waals surface area contributed by atoms with Gasteiger partial charge in [-0.15, -0.1) is 0 Å². The Bertz CT molecular complexity index is 829. The van der Waals surface area contributed by atoms with E-state index in [9.17, 15) is 9.90 Å². The summed E-state index contributed by atoms with van der Waals surface area (Å²) in [6, 6.07) is 11.2. The van der Waals surface area contributed by atoms with E-state index in [1.807, 2.05) is 25.1 Å². The molecule has 0 atom stereocenters. The number of hydrogen-bond donors (Lipinski definition) is 1. The second-order valence-electron chi connectivity index (χ2n) is 6.78. The molecular formula is C20H22N2O4. The molecule has 6 nitrogen and oxygen atoms in total. The summed E-state index contributed by atoms with van der Waals surface area (Å²) in [7, 11) is 0. The number of carbonyl (C=O) groups is 1. The minimum Gasteiger partial charge on any atom is -0.507 e. The van der Waals surface area contributed by atoms with Crippen LogP contribution in [-0.2, 0) is 6.54 Å². The average Bonchev–Trinajstić information content (AvgIpc) is 3.10. The van der Waals surface area contributed by atoms with Gasteiger partial charge in [-0.1, -0.05) is 12.1 Å². The maximum Gasteiger partial charge on any atom is 0.257 e. The molecule has 0 saturated carbocycles. The highest BCUT2D eigenvalue weighted by atomic mass is 16.7. The highest BCUT2D eigenvalue weighted by Gasteiger charge is 2.24. The molecule has 136 valence electrons. The van der Waals surface area contributed by atoms with Crippen LogP contribution in [0, 0.1) is 6.92 Å². The Morgan fingerprint density at radius 3 is 2.58 bits per heavy atom. The summed E-state index contributed by atoms with van der Waals surface area (Å²) in [5.74, 6) is 1.54. The number of benzene rings is 2. The molecule has 1 fully saturated rings. The number of nitrogens with zero attached hydrogens (tertiary/aromatic N) is 2. The molecule has 1 amide bonds. The van der Waals surface area contributed by atoms with Crippen LogP contribution in [-0.4, -0.2) is 53.8 Å². The summed E-state index contributed by atoms with van der Waals surface area (Å²) in [6.45, 7) is 5.88. The molecule has 2 aliphatic heterocycles. The fourth-order valence-electron chi connectivity index (χ4n) is 3.40. The van der Waals surface area contributed by atoms with Crippen LogP contribution in [0.25, 0.3) is 0 Å². The standard InChI is InChI=1S/C20H22N2O4/c1-14-2-4-16(17(23)10-14)20(24)22-8-6-21(7-9-22)12-15-3-5-18-19(11-15)26-13-25-18/h2-5,10-11,23H,6-9,12-13H2,1H3. The van der Waals surface area contributed by atoms with Gasteiger partial charge >= 0.3 is 0 Å². The minimum absolute atomic E-state index is 0.0535. The molecule has 6 heteroatoms. The SMILES string of the molecule is Cc1ccc(C(=O)N2CCN(Cc3ccc4c(c3)OCO4)CC2)c(O)c1. The van der Waals surface area contributed by atoms with Crippen LogP contribution < -0.4 is 9.47 Å². The monoisotopic (exact) mass is 354 g/mol. The van der Waals surface area contributed by atoms with Crippen molar-refractivity contribution in [3.63, 3.8) is 0 Å². The number of hydrogen-bond acceptors (Lipinski definition) is 5. The molecule has 2 aliphatic rings. The first-order valence-corrected chi connectivity index (χ1v) is 8.80. The first kappa shape index (κ1) is 16.7. The van der Waals surface area contributed by atoms with Gasteiger partial charge in [0.2, 0.25) is 6.79 Å². The number of amides is 1. The van der Waals surface area contributed by atoms with Gasteiger partial charge in [0.15, 0.2) is 11.5 Å². The smallest absolute Gasteiger partial charge is 0.257 e. The van der Waals surface area contributed by atoms with E-state index in [0.29, 0.717) is 18.7 Å². The summed E-state index contributed by atoms with van der Waals surface area (Å²) < 4.78 is 10.8. The Morgan fingerprint density at radius 1 is 1.04 bits per heavy atom. The molecule has 2 aromatic rings. The minimum atomic E-state index is -0.106. The highest BCUT2D eigenvalue weighted by Crippen LogP contribution is 2.33. The van der Waals surface area contributed by atoms with Gasteiger partial charge in [0.1, 0.15) is 5.75 Å². The largest absolute Gasteiger partial charge is 0.507 e. The Labute approximate surface area is 152 Å². The number of phenols is 1. The van der Waals surface area contributed by atoms with E-state index in [1.54, 1.807) is 17.0 Å². The Balaban J connectivity index is 1.36. The van der Waals surface area contributed by atoms with E-state index in [0.717, 1.165) is 36.7 Å². The number of aryl methyl sites for hydroxylation is 1. The molecule has 2 aromatic carbocycles. The van der Waals surface area contributed by atoms with Gasteiger partial charge in [0.25, 0.3) is 5.91 Å². The van der Waals surface area contributed by atoms with Gasteiger partial charge in [-0.3, -0.25) is 9.69 Å². The summed E-state index contributed by atoms with van der Waals surface area (Å²) in [6.07, 6.45) is 0. The maximum atomic E-state index is 12.6. The predicted octanol–water partition coefficient (Wildman–Crippen LogP) is 2.39. The van der Waals surface area contributed by atoms with Crippen molar-refractivity contribution >= 4 is 5.91 Å². The van der Waals surface area contributed by atoms with Crippen LogP contribution in [0.5, 0.6) is 17.2 Å². The Hall–Kier alpha value is -2.73. The van der Waals surface area contributed by atoms with Crippen LogP contribution in [0.4, 0.5) is 0 Å². The summed E-state index contributed by atoms with van der Waals surface area (Å²) in [4.78, 5) is 16.8. The van der Waals surface area contributed by atoms with Crippen molar-refractivity contribution in [2.24, 2.45) is 0 Å². The van der Waals surface area contributed by atoms with Crippen molar-refractivity contribution in [2.75, 3.05) is 33.0 Å².